The molecule has 21 heavy (non-hydrogen) atoms. The van der Waals surface area contributed by atoms with Crippen LogP contribution >= 0.6 is 11.3 Å². The van der Waals surface area contributed by atoms with Crippen molar-refractivity contribution in [3.8, 4) is 11.1 Å². The number of thiophene rings is 1. The lowest BCUT2D eigenvalue weighted by atomic mass is 10.1. The van der Waals surface area contributed by atoms with E-state index in [1.165, 1.54) is 16.5 Å². The van der Waals surface area contributed by atoms with Gasteiger partial charge in [-0.1, -0.05) is 30.3 Å². The molecule has 1 aromatic carbocycles. The van der Waals surface area contributed by atoms with Crippen LogP contribution in [0.2, 0.25) is 0 Å². The first-order chi connectivity index (χ1) is 10.4. The Kier molecular flexibility index (Phi) is 3.29. The van der Waals surface area contributed by atoms with Crippen LogP contribution in [0.5, 0.6) is 0 Å². The summed E-state index contributed by atoms with van der Waals surface area (Å²) in [6.07, 6.45) is 1.70. The summed E-state index contributed by atoms with van der Waals surface area (Å²) in [4.78, 5) is 12.5. The summed E-state index contributed by atoms with van der Waals surface area (Å²) in [7, 11) is 0. The van der Waals surface area contributed by atoms with Gasteiger partial charge in [0, 0.05) is 10.9 Å². The first kappa shape index (κ1) is 12.7. The van der Waals surface area contributed by atoms with Crippen molar-refractivity contribution in [2.24, 2.45) is 0 Å². The third-order valence-electron chi connectivity index (χ3n) is 3.94. The van der Waals surface area contributed by atoms with Crippen molar-refractivity contribution in [2.75, 3.05) is 31.1 Å². The van der Waals surface area contributed by atoms with E-state index in [2.05, 4.69) is 55.9 Å². The smallest absolute Gasteiger partial charge is 0.141 e. The molecule has 0 spiro atoms. The molecule has 4 rings (SSSR count). The van der Waals surface area contributed by atoms with Crippen LogP contribution in [-0.2, 0) is 0 Å². The number of anilines is 1. The summed E-state index contributed by atoms with van der Waals surface area (Å²) in [5.74, 6) is 1.09. The van der Waals surface area contributed by atoms with E-state index in [0.717, 1.165) is 36.8 Å². The average Bonchev–Trinajstić information content (AvgIpc) is 3.00. The summed E-state index contributed by atoms with van der Waals surface area (Å²) in [5, 5.41) is 5.77. The molecule has 1 aliphatic rings. The van der Waals surface area contributed by atoms with E-state index in [1.54, 1.807) is 17.7 Å². The van der Waals surface area contributed by atoms with Crippen LogP contribution in [0.15, 0.2) is 42.0 Å². The highest BCUT2D eigenvalue weighted by molar-refractivity contribution is 7.17. The predicted octanol–water partition coefficient (Wildman–Crippen LogP) is 1.74. The van der Waals surface area contributed by atoms with E-state index in [1.807, 2.05) is 0 Å². The van der Waals surface area contributed by atoms with Crippen molar-refractivity contribution in [3.63, 3.8) is 0 Å². The van der Waals surface area contributed by atoms with Crippen molar-refractivity contribution in [2.45, 2.75) is 0 Å². The number of nitrogens with two attached hydrogens (primary N) is 1. The number of piperazine rings is 1. The Morgan fingerprint density at radius 1 is 1.05 bits per heavy atom. The topological polar surface area (TPSA) is 45.6 Å². The second-order valence-electron chi connectivity index (χ2n) is 5.25. The number of hydrogen-bond acceptors (Lipinski definition) is 4. The number of fused-ring (bicyclic) bond motifs is 1. The Labute approximate surface area is 127 Å². The zero-order chi connectivity index (χ0) is 14.1. The Morgan fingerprint density at radius 3 is 2.67 bits per heavy atom. The third kappa shape index (κ3) is 2.28. The second-order valence-corrected chi connectivity index (χ2v) is 6.10. The standard InChI is InChI=1S/C16H16N4S/c1-2-4-12(5-3-1)13-10-21-16-14(13)15(18-11-19-16)20-8-6-17-7-9-20/h1-5,10-11,17H,6-9H2/p+1. The Bertz CT molecular complexity index is 747. The molecule has 0 amide bonds. The largest absolute Gasteiger partial charge is 0.345 e. The number of quaternary nitrogens is 1. The average molecular weight is 297 g/mol. The lowest BCUT2D eigenvalue weighted by Gasteiger charge is -2.26. The van der Waals surface area contributed by atoms with Crippen LogP contribution in [0.3, 0.4) is 0 Å². The zero-order valence-corrected chi connectivity index (χ0v) is 12.5. The minimum Gasteiger partial charge on any atom is -0.345 e. The Balaban J connectivity index is 1.89. The minimum atomic E-state index is 1.05. The minimum absolute atomic E-state index is 1.05. The first-order valence-corrected chi connectivity index (χ1v) is 8.16. The Morgan fingerprint density at radius 2 is 1.86 bits per heavy atom. The van der Waals surface area contributed by atoms with E-state index in [-0.39, 0.29) is 0 Å². The van der Waals surface area contributed by atoms with E-state index in [4.69, 9.17) is 0 Å². The van der Waals surface area contributed by atoms with E-state index in [0.29, 0.717) is 0 Å². The number of nitrogens with zero attached hydrogens (tertiary/aromatic N) is 3. The molecule has 5 heteroatoms. The number of rotatable bonds is 2. The van der Waals surface area contributed by atoms with Gasteiger partial charge in [0.1, 0.15) is 17.0 Å². The fourth-order valence-electron chi connectivity index (χ4n) is 2.89. The van der Waals surface area contributed by atoms with E-state index >= 15 is 0 Å². The molecule has 1 aliphatic heterocycles. The van der Waals surface area contributed by atoms with Gasteiger partial charge in [0.05, 0.1) is 31.6 Å². The van der Waals surface area contributed by atoms with Crippen LogP contribution in [0.25, 0.3) is 21.3 Å². The van der Waals surface area contributed by atoms with Crippen molar-refractivity contribution in [1.29, 1.82) is 0 Å². The molecule has 2 aromatic heterocycles. The summed E-state index contributed by atoms with van der Waals surface area (Å²) >= 11 is 1.70. The molecule has 1 saturated heterocycles. The molecule has 2 N–H and O–H groups in total. The molecule has 0 radical (unpaired) electrons. The molecule has 0 atom stereocenters. The first-order valence-electron chi connectivity index (χ1n) is 7.28. The molecule has 106 valence electrons. The molecule has 0 bridgehead atoms. The number of hydrogen-bond donors (Lipinski definition) is 1. The van der Waals surface area contributed by atoms with Gasteiger partial charge in [0.25, 0.3) is 0 Å². The molecule has 0 saturated carbocycles. The van der Waals surface area contributed by atoms with Crippen LogP contribution in [-0.4, -0.2) is 36.1 Å². The van der Waals surface area contributed by atoms with E-state index in [9.17, 15) is 0 Å². The van der Waals surface area contributed by atoms with Crippen molar-refractivity contribution in [1.82, 2.24) is 9.97 Å². The molecule has 0 unspecified atom stereocenters. The zero-order valence-electron chi connectivity index (χ0n) is 11.7. The van der Waals surface area contributed by atoms with Crippen molar-refractivity contribution >= 4 is 27.4 Å². The molecule has 3 heterocycles. The molecule has 0 aliphatic carbocycles. The van der Waals surface area contributed by atoms with Gasteiger partial charge in [-0.15, -0.1) is 11.3 Å². The Hall–Kier alpha value is -1.98. The van der Waals surface area contributed by atoms with E-state index < -0.39 is 0 Å². The van der Waals surface area contributed by atoms with Gasteiger partial charge in [-0.3, -0.25) is 0 Å². The maximum atomic E-state index is 4.60. The third-order valence-corrected chi connectivity index (χ3v) is 4.83. The lowest BCUT2D eigenvalue weighted by molar-refractivity contribution is -0.655. The van der Waals surface area contributed by atoms with Crippen LogP contribution in [0.4, 0.5) is 5.82 Å². The summed E-state index contributed by atoms with van der Waals surface area (Å²) in [6.45, 7) is 4.37. The van der Waals surface area contributed by atoms with Crippen LogP contribution in [0, 0.1) is 0 Å². The van der Waals surface area contributed by atoms with Crippen molar-refractivity contribution in [3.05, 3.63) is 42.0 Å². The van der Waals surface area contributed by atoms with Gasteiger partial charge in [0.2, 0.25) is 0 Å². The highest BCUT2D eigenvalue weighted by Crippen LogP contribution is 2.37. The summed E-state index contributed by atoms with van der Waals surface area (Å²) < 4.78 is 0. The lowest BCUT2D eigenvalue weighted by Crippen LogP contribution is -2.89. The quantitative estimate of drug-likeness (QED) is 0.784. The molecule has 1 fully saturated rings. The van der Waals surface area contributed by atoms with Gasteiger partial charge in [-0.2, -0.15) is 0 Å². The predicted molar refractivity (Wildman–Crippen MR) is 86.7 cm³/mol. The molecule has 3 aromatic rings. The second kappa shape index (κ2) is 5.42. The van der Waals surface area contributed by atoms with Gasteiger partial charge in [-0.05, 0) is 5.56 Å². The van der Waals surface area contributed by atoms with Gasteiger partial charge >= 0.3 is 0 Å². The highest BCUT2D eigenvalue weighted by atomic mass is 32.1. The summed E-state index contributed by atoms with van der Waals surface area (Å²) in [5.41, 5.74) is 2.49. The number of benzene rings is 1. The summed E-state index contributed by atoms with van der Waals surface area (Å²) in [6, 6.07) is 10.5. The monoisotopic (exact) mass is 297 g/mol. The maximum Gasteiger partial charge on any atom is 0.141 e. The normalized spacial score (nSPS) is 15.5. The maximum absolute atomic E-state index is 4.60. The fraction of sp³-hybridized carbons (Fsp3) is 0.250. The number of aromatic nitrogens is 2. The fourth-order valence-corrected chi connectivity index (χ4v) is 3.80. The van der Waals surface area contributed by atoms with Crippen molar-refractivity contribution < 1.29 is 5.32 Å². The SMILES string of the molecule is c1ccc(-c2csc3ncnc(N4CC[NH2+]CC4)c23)cc1. The van der Waals surface area contributed by atoms with Crippen LogP contribution < -0.4 is 10.2 Å². The highest BCUT2D eigenvalue weighted by Gasteiger charge is 2.20. The van der Waals surface area contributed by atoms with Gasteiger partial charge in [-0.25, -0.2) is 9.97 Å². The van der Waals surface area contributed by atoms with Gasteiger partial charge < -0.3 is 10.2 Å². The molecule has 4 nitrogen and oxygen atoms in total. The molecular formula is C16H17N4S+. The van der Waals surface area contributed by atoms with Gasteiger partial charge in [0.15, 0.2) is 0 Å². The van der Waals surface area contributed by atoms with Crippen LogP contribution in [0.1, 0.15) is 0 Å². The molecular weight excluding hydrogens is 280 g/mol.